The average molecular weight is 354 g/mol. The predicted molar refractivity (Wildman–Crippen MR) is 84.6 cm³/mol. The molecule has 0 fully saturated rings. The van der Waals surface area contributed by atoms with Gasteiger partial charge < -0.3 is 5.43 Å². The molecule has 0 saturated heterocycles. The summed E-state index contributed by atoms with van der Waals surface area (Å²) in [6, 6.07) is 5.67. The summed E-state index contributed by atoms with van der Waals surface area (Å²) in [6.07, 6.45) is 4.29. The monoisotopic (exact) mass is 352 g/mol. The Hall–Kier alpha value is -1.17. The normalized spacial score (nSPS) is 13.9. The number of aryl methyl sites for hydroxylation is 1. The topological polar surface area (TPSA) is 63.8 Å². The molecule has 4 nitrogen and oxygen atoms in total. The maximum absolute atomic E-state index is 6.02. The van der Waals surface area contributed by atoms with Crippen LogP contribution < -0.4 is 11.3 Å². The molecule has 1 aliphatic carbocycles. The van der Waals surface area contributed by atoms with Crippen molar-refractivity contribution in [3.8, 4) is 11.4 Å². The van der Waals surface area contributed by atoms with E-state index in [2.05, 4.69) is 26.3 Å². The van der Waals surface area contributed by atoms with Crippen LogP contribution in [0.5, 0.6) is 0 Å². The molecule has 0 bridgehead atoms. The van der Waals surface area contributed by atoms with E-state index in [0.29, 0.717) is 10.8 Å². The Balaban J connectivity index is 2.11. The highest BCUT2D eigenvalue weighted by Gasteiger charge is 2.18. The number of nitrogens with zero attached hydrogens (tertiary/aromatic N) is 2. The standard InChI is InChI=1S/C14H14BrClN4/c15-10-7-8(5-6-11(10)16)13-18-12-4-2-1-3-9(12)14(19-13)20-17/h5-7H,1-4,17H2,(H,18,19,20). The molecule has 1 aromatic heterocycles. The number of aromatic nitrogens is 2. The van der Waals surface area contributed by atoms with Gasteiger partial charge in [-0.15, -0.1) is 0 Å². The number of nitrogen functional groups attached to an aromatic ring is 1. The summed E-state index contributed by atoms with van der Waals surface area (Å²) in [6.45, 7) is 0. The number of nitrogens with two attached hydrogens (primary N) is 1. The van der Waals surface area contributed by atoms with Crippen LogP contribution >= 0.6 is 27.5 Å². The third-order valence-corrected chi connectivity index (χ3v) is 4.71. The Morgan fingerprint density at radius 1 is 1.20 bits per heavy atom. The van der Waals surface area contributed by atoms with Crippen molar-refractivity contribution in [1.29, 1.82) is 0 Å². The van der Waals surface area contributed by atoms with Crippen LogP contribution in [0.25, 0.3) is 11.4 Å². The molecule has 0 unspecified atom stereocenters. The number of anilines is 1. The molecular formula is C14H14BrClN4. The predicted octanol–water partition coefficient (Wildman–Crippen LogP) is 3.72. The number of benzene rings is 1. The quantitative estimate of drug-likeness (QED) is 0.638. The summed E-state index contributed by atoms with van der Waals surface area (Å²) < 4.78 is 0.834. The van der Waals surface area contributed by atoms with Gasteiger partial charge in [0.1, 0.15) is 5.82 Å². The van der Waals surface area contributed by atoms with Gasteiger partial charge in [0.15, 0.2) is 5.82 Å². The minimum atomic E-state index is 0.670. The molecule has 0 radical (unpaired) electrons. The molecule has 1 heterocycles. The van der Waals surface area contributed by atoms with Gasteiger partial charge in [0, 0.05) is 21.3 Å². The van der Waals surface area contributed by atoms with Gasteiger partial charge in [-0.2, -0.15) is 0 Å². The maximum atomic E-state index is 6.02. The van der Waals surface area contributed by atoms with Crippen LogP contribution in [0.3, 0.4) is 0 Å². The second-order valence-corrected chi connectivity index (χ2v) is 6.06. The van der Waals surface area contributed by atoms with Gasteiger partial charge in [-0.25, -0.2) is 15.8 Å². The van der Waals surface area contributed by atoms with Crippen molar-refractivity contribution in [2.24, 2.45) is 5.84 Å². The Kier molecular flexibility index (Phi) is 3.92. The van der Waals surface area contributed by atoms with Gasteiger partial charge in [0.25, 0.3) is 0 Å². The molecule has 1 aliphatic rings. The van der Waals surface area contributed by atoms with Crippen molar-refractivity contribution in [3.05, 3.63) is 39.0 Å². The van der Waals surface area contributed by atoms with E-state index in [4.69, 9.17) is 22.4 Å². The van der Waals surface area contributed by atoms with Gasteiger partial charge in [-0.1, -0.05) is 11.6 Å². The number of fused-ring (bicyclic) bond motifs is 1. The molecule has 3 rings (SSSR count). The largest absolute Gasteiger partial charge is 0.308 e. The van der Waals surface area contributed by atoms with Crippen molar-refractivity contribution in [2.45, 2.75) is 25.7 Å². The molecule has 0 atom stereocenters. The van der Waals surface area contributed by atoms with Gasteiger partial charge >= 0.3 is 0 Å². The minimum Gasteiger partial charge on any atom is -0.308 e. The first-order valence-corrected chi connectivity index (χ1v) is 7.68. The smallest absolute Gasteiger partial charge is 0.161 e. The van der Waals surface area contributed by atoms with Crippen LogP contribution in [-0.4, -0.2) is 9.97 Å². The fraction of sp³-hybridized carbons (Fsp3) is 0.286. The number of rotatable bonds is 2. The second-order valence-electron chi connectivity index (χ2n) is 4.80. The molecular weight excluding hydrogens is 340 g/mol. The van der Waals surface area contributed by atoms with E-state index >= 15 is 0 Å². The minimum absolute atomic E-state index is 0.670. The van der Waals surface area contributed by atoms with Crippen molar-refractivity contribution >= 4 is 33.3 Å². The molecule has 0 spiro atoms. The van der Waals surface area contributed by atoms with Crippen molar-refractivity contribution in [3.63, 3.8) is 0 Å². The molecule has 20 heavy (non-hydrogen) atoms. The Bertz CT molecular complexity index is 643. The molecule has 0 aliphatic heterocycles. The zero-order valence-corrected chi connectivity index (χ0v) is 13.1. The average Bonchev–Trinajstić information content (AvgIpc) is 2.49. The van der Waals surface area contributed by atoms with Crippen molar-refractivity contribution < 1.29 is 0 Å². The first-order valence-electron chi connectivity index (χ1n) is 6.51. The van der Waals surface area contributed by atoms with Crippen molar-refractivity contribution in [2.75, 3.05) is 5.43 Å². The zero-order chi connectivity index (χ0) is 14.1. The summed E-state index contributed by atoms with van der Waals surface area (Å²) in [4.78, 5) is 9.23. The highest BCUT2D eigenvalue weighted by molar-refractivity contribution is 9.10. The number of hydrogen-bond donors (Lipinski definition) is 2. The summed E-state index contributed by atoms with van der Waals surface area (Å²) >= 11 is 9.45. The third-order valence-electron chi connectivity index (χ3n) is 3.50. The first-order chi connectivity index (χ1) is 9.69. The molecule has 104 valence electrons. The van der Waals surface area contributed by atoms with Gasteiger partial charge in [0.05, 0.1) is 5.02 Å². The van der Waals surface area contributed by atoms with Crippen LogP contribution in [0.1, 0.15) is 24.1 Å². The van der Waals surface area contributed by atoms with Gasteiger partial charge in [-0.3, -0.25) is 0 Å². The fourth-order valence-corrected chi connectivity index (χ4v) is 2.97. The number of hydrogen-bond acceptors (Lipinski definition) is 4. The first kappa shape index (κ1) is 13.8. The molecule has 2 aromatic rings. The lowest BCUT2D eigenvalue weighted by atomic mass is 9.96. The summed E-state index contributed by atoms with van der Waals surface area (Å²) in [5.41, 5.74) is 5.87. The molecule has 1 aromatic carbocycles. The lowest BCUT2D eigenvalue weighted by Crippen LogP contribution is -2.17. The summed E-state index contributed by atoms with van der Waals surface area (Å²) in [7, 11) is 0. The highest BCUT2D eigenvalue weighted by Crippen LogP contribution is 2.31. The van der Waals surface area contributed by atoms with E-state index in [1.165, 1.54) is 0 Å². The molecule has 6 heteroatoms. The van der Waals surface area contributed by atoms with E-state index in [1.807, 2.05) is 18.2 Å². The molecule has 3 N–H and O–H groups in total. The van der Waals surface area contributed by atoms with Crippen LogP contribution in [0.2, 0.25) is 5.02 Å². The molecule has 0 amide bonds. The van der Waals surface area contributed by atoms with E-state index in [9.17, 15) is 0 Å². The van der Waals surface area contributed by atoms with Crippen LogP contribution in [0.4, 0.5) is 5.82 Å². The van der Waals surface area contributed by atoms with Crippen LogP contribution in [0, 0.1) is 0 Å². The SMILES string of the molecule is NNc1nc(-c2ccc(Cl)c(Br)c2)nc2c1CCCC2. The van der Waals surface area contributed by atoms with E-state index in [0.717, 1.165) is 52.8 Å². The zero-order valence-electron chi connectivity index (χ0n) is 10.8. The van der Waals surface area contributed by atoms with Crippen LogP contribution in [0.15, 0.2) is 22.7 Å². The Labute approximate surface area is 130 Å². The molecule has 0 saturated carbocycles. The van der Waals surface area contributed by atoms with Gasteiger partial charge in [0.2, 0.25) is 0 Å². The number of hydrazine groups is 1. The van der Waals surface area contributed by atoms with Crippen molar-refractivity contribution in [1.82, 2.24) is 9.97 Å². The van der Waals surface area contributed by atoms with E-state index < -0.39 is 0 Å². The second kappa shape index (κ2) is 5.68. The highest BCUT2D eigenvalue weighted by atomic mass is 79.9. The fourth-order valence-electron chi connectivity index (χ4n) is 2.48. The Morgan fingerprint density at radius 2 is 2.00 bits per heavy atom. The van der Waals surface area contributed by atoms with Crippen LogP contribution in [-0.2, 0) is 12.8 Å². The number of halogens is 2. The lowest BCUT2D eigenvalue weighted by molar-refractivity contribution is 0.665. The van der Waals surface area contributed by atoms with E-state index in [1.54, 1.807) is 0 Å². The summed E-state index contributed by atoms with van der Waals surface area (Å²) in [5, 5.41) is 0.670. The summed E-state index contributed by atoms with van der Waals surface area (Å²) in [5.74, 6) is 7.01. The third kappa shape index (κ3) is 2.53. The lowest BCUT2D eigenvalue weighted by Gasteiger charge is -2.18. The van der Waals surface area contributed by atoms with E-state index in [-0.39, 0.29) is 0 Å². The van der Waals surface area contributed by atoms with Gasteiger partial charge in [-0.05, 0) is 59.8 Å². The maximum Gasteiger partial charge on any atom is 0.161 e. The number of nitrogens with one attached hydrogen (secondary N) is 1. The Morgan fingerprint density at radius 3 is 2.75 bits per heavy atom.